The Morgan fingerprint density at radius 3 is 2.60 bits per heavy atom. The molecule has 7 heteroatoms. The van der Waals surface area contributed by atoms with Crippen LogP contribution in [-0.2, 0) is 12.7 Å². The maximum absolute atomic E-state index is 13.3. The highest BCUT2D eigenvalue weighted by molar-refractivity contribution is 5.33. The van der Waals surface area contributed by atoms with Crippen molar-refractivity contribution >= 4 is 0 Å². The van der Waals surface area contributed by atoms with Crippen LogP contribution in [0.1, 0.15) is 49.2 Å². The van der Waals surface area contributed by atoms with Gasteiger partial charge in [0, 0.05) is 31.4 Å². The molecule has 1 aliphatic heterocycles. The molecule has 0 saturated carbocycles. The summed E-state index contributed by atoms with van der Waals surface area (Å²) in [6.07, 6.45) is -2.89. The van der Waals surface area contributed by atoms with Gasteiger partial charge in [-0.25, -0.2) is 0 Å². The van der Waals surface area contributed by atoms with Gasteiger partial charge in [0.1, 0.15) is 0 Å². The van der Waals surface area contributed by atoms with Crippen molar-refractivity contribution in [1.29, 1.82) is 0 Å². The van der Waals surface area contributed by atoms with Crippen molar-refractivity contribution in [1.82, 2.24) is 14.7 Å². The number of aliphatic hydroxyl groups excluding tert-OH is 1. The molecule has 136 valence electrons. The fraction of sp³-hybridized carbons (Fsp3) is 0.500. The molecule has 2 atom stereocenters. The van der Waals surface area contributed by atoms with E-state index in [1.807, 2.05) is 35.7 Å². The topological polar surface area (TPSA) is 41.3 Å². The van der Waals surface area contributed by atoms with Crippen LogP contribution in [0, 0.1) is 0 Å². The Bertz CT molecular complexity index is 726. The summed E-state index contributed by atoms with van der Waals surface area (Å²) in [5, 5.41) is 14.5. The molecule has 1 saturated heterocycles. The van der Waals surface area contributed by atoms with Crippen molar-refractivity contribution in [3.63, 3.8) is 0 Å². The number of hydrogen-bond acceptors (Lipinski definition) is 3. The molecule has 1 aromatic heterocycles. The van der Waals surface area contributed by atoms with Crippen LogP contribution in [0.5, 0.6) is 0 Å². The number of halogens is 3. The number of aliphatic hydroxyl groups is 1. The maximum Gasteiger partial charge on any atom is 0.416 e. The molecule has 1 aromatic carbocycles. The van der Waals surface area contributed by atoms with E-state index in [-0.39, 0.29) is 18.0 Å². The number of benzene rings is 1. The number of rotatable bonds is 4. The summed E-state index contributed by atoms with van der Waals surface area (Å²) in [5.41, 5.74) is 0.374. The van der Waals surface area contributed by atoms with Gasteiger partial charge in [-0.1, -0.05) is 18.2 Å². The third-order valence-corrected chi connectivity index (χ3v) is 4.56. The van der Waals surface area contributed by atoms with Crippen LogP contribution in [-0.4, -0.2) is 32.4 Å². The van der Waals surface area contributed by atoms with E-state index in [9.17, 15) is 18.3 Å². The lowest BCUT2D eigenvalue weighted by molar-refractivity contribution is -0.138. The Labute approximate surface area is 144 Å². The summed E-state index contributed by atoms with van der Waals surface area (Å²) in [4.78, 5) is 1.88. The van der Waals surface area contributed by atoms with Crippen molar-refractivity contribution < 1.29 is 18.3 Å². The Hall–Kier alpha value is -1.86. The molecule has 0 radical (unpaired) electrons. The predicted octanol–water partition coefficient (Wildman–Crippen LogP) is 3.79. The molecule has 0 bridgehead atoms. The smallest absolute Gasteiger partial charge is 0.392 e. The van der Waals surface area contributed by atoms with Crippen LogP contribution in [0.15, 0.2) is 36.5 Å². The fourth-order valence-corrected chi connectivity index (χ4v) is 3.38. The van der Waals surface area contributed by atoms with E-state index >= 15 is 0 Å². The lowest BCUT2D eigenvalue weighted by Gasteiger charge is -2.26. The van der Waals surface area contributed by atoms with E-state index in [0.29, 0.717) is 13.1 Å². The molecule has 2 heterocycles. The molecule has 1 fully saturated rings. The summed E-state index contributed by atoms with van der Waals surface area (Å²) >= 11 is 0. The molecule has 0 spiro atoms. The zero-order valence-electron chi connectivity index (χ0n) is 14.2. The molecular formula is C18H22F3N3O. The van der Waals surface area contributed by atoms with E-state index < -0.39 is 23.9 Å². The van der Waals surface area contributed by atoms with Crippen LogP contribution in [0.2, 0.25) is 0 Å². The van der Waals surface area contributed by atoms with Gasteiger partial charge in [-0.05, 0) is 38.0 Å². The number of hydrogen-bond donors (Lipinski definition) is 1. The predicted molar refractivity (Wildman–Crippen MR) is 87.8 cm³/mol. The first kappa shape index (κ1) is 17.9. The average Bonchev–Trinajstić information content (AvgIpc) is 3.14. The minimum Gasteiger partial charge on any atom is -0.392 e. The van der Waals surface area contributed by atoms with Gasteiger partial charge < -0.3 is 5.11 Å². The molecular weight excluding hydrogens is 331 g/mol. The van der Waals surface area contributed by atoms with E-state index in [4.69, 9.17) is 0 Å². The first-order valence-corrected chi connectivity index (χ1v) is 8.38. The maximum atomic E-state index is 13.3. The monoisotopic (exact) mass is 353 g/mol. The quantitative estimate of drug-likeness (QED) is 0.909. The van der Waals surface area contributed by atoms with Crippen LogP contribution in [0.25, 0.3) is 0 Å². The highest BCUT2D eigenvalue weighted by Gasteiger charge is 2.39. The summed E-state index contributed by atoms with van der Waals surface area (Å²) in [7, 11) is 0. The zero-order valence-corrected chi connectivity index (χ0v) is 14.2. The second-order valence-corrected chi connectivity index (χ2v) is 6.80. The SMILES string of the molecule is CC(C)n1ccc(CN2CC(O)CC2c2ccccc2C(F)(F)F)n1. The number of alkyl halides is 3. The Morgan fingerprint density at radius 2 is 1.96 bits per heavy atom. The number of β-amino-alcohol motifs (C(OH)–C–C–N with tert-alkyl or cyclic N) is 1. The van der Waals surface area contributed by atoms with E-state index in [0.717, 1.165) is 11.8 Å². The van der Waals surface area contributed by atoms with Gasteiger partial charge >= 0.3 is 6.18 Å². The number of aromatic nitrogens is 2. The standard InChI is InChI=1S/C18H22F3N3O/c1-12(2)24-8-7-13(22-24)10-23-11-14(25)9-17(23)15-5-3-4-6-16(15)18(19,20)21/h3-8,12,14,17,25H,9-11H2,1-2H3. The molecule has 0 amide bonds. The van der Waals surface area contributed by atoms with Crippen LogP contribution in [0.4, 0.5) is 13.2 Å². The van der Waals surface area contributed by atoms with Gasteiger partial charge in [0.25, 0.3) is 0 Å². The fourth-order valence-electron chi connectivity index (χ4n) is 3.38. The highest BCUT2D eigenvalue weighted by Crippen LogP contribution is 2.40. The normalized spacial score (nSPS) is 22.0. The van der Waals surface area contributed by atoms with Crippen molar-refractivity contribution in [2.24, 2.45) is 0 Å². The molecule has 25 heavy (non-hydrogen) atoms. The minimum atomic E-state index is -4.41. The Morgan fingerprint density at radius 1 is 1.24 bits per heavy atom. The van der Waals surface area contributed by atoms with Crippen LogP contribution in [0.3, 0.4) is 0 Å². The molecule has 4 nitrogen and oxygen atoms in total. The van der Waals surface area contributed by atoms with Crippen molar-refractivity contribution in [3.05, 3.63) is 53.3 Å². The lowest BCUT2D eigenvalue weighted by Crippen LogP contribution is -2.26. The number of likely N-dealkylation sites (tertiary alicyclic amines) is 1. The highest BCUT2D eigenvalue weighted by atomic mass is 19.4. The van der Waals surface area contributed by atoms with Gasteiger partial charge in [-0.3, -0.25) is 9.58 Å². The summed E-state index contributed by atoms with van der Waals surface area (Å²) in [6.45, 7) is 4.77. The van der Waals surface area contributed by atoms with Crippen molar-refractivity contribution in [3.8, 4) is 0 Å². The Kier molecular flexibility index (Phi) is 4.88. The lowest BCUT2D eigenvalue weighted by atomic mass is 9.97. The van der Waals surface area contributed by atoms with Crippen LogP contribution < -0.4 is 0 Å². The second kappa shape index (κ2) is 6.80. The van der Waals surface area contributed by atoms with E-state index in [1.165, 1.54) is 12.1 Å². The second-order valence-electron chi connectivity index (χ2n) is 6.80. The molecule has 3 rings (SSSR count). The van der Waals surface area contributed by atoms with Crippen molar-refractivity contribution in [2.75, 3.05) is 6.54 Å². The molecule has 2 aromatic rings. The van der Waals surface area contributed by atoms with Gasteiger partial charge in [-0.2, -0.15) is 18.3 Å². The van der Waals surface area contributed by atoms with Gasteiger partial charge in [-0.15, -0.1) is 0 Å². The van der Waals surface area contributed by atoms with Gasteiger partial charge in [0.2, 0.25) is 0 Å². The van der Waals surface area contributed by atoms with Gasteiger partial charge in [0.15, 0.2) is 0 Å². The third-order valence-electron chi connectivity index (χ3n) is 4.56. The first-order chi connectivity index (χ1) is 11.8. The van der Waals surface area contributed by atoms with Crippen molar-refractivity contribution in [2.45, 2.75) is 51.2 Å². The molecule has 0 aliphatic carbocycles. The first-order valence-electron chi connectivity index (χ1n) is 8.38. The number of nitrogens with zero attached hydrogens (tertiary/aromatic N) is 3. The Balaban J connectivity index is 1.87. The zero-order chi connectivity index (χ0) is 18.2. The third kappa shape index (κ3) is 3.88. The van der Waals surface area contributed by atoms with Crippen LogP contribution >= 0.6 is 0 Å². The molecule has 2 unspecified atom stereocenters. The summed E-state index contributed by atoms with van der Waals surface area (Å²) in [6, 6.07) is 7.23. The molecule has 1 N–H and O–H groups in total. The average molecular weight is 353 g/mol. The largest absolute Gasteiger partial charge is 0.416 e. The van der Waals surface area contributed by atoms with Gasteiger partial charge in [0.05, 0.1) is 17.4 Å². The molecule has 1 aliphatic rings. The minimum absolute atomic E-state index is 0.217. The summed E-state index contributed by atoms with van der Waals surface area (Å²) in [5.74, 6) is 0. The van der Waals surface area contributed by atoms with E-state index in [1.54, 1.807) is 6.07 Å². The van der Waals surface area contributed by atoms with E-state index in [2.05, 4.69) is 5.10 Å². The summed E-state index contributed by atoms with van der Waals surface area (Å²) < 4.78 is 41.9.